The molecule has 4 rings (SSSR count). The first-order valence-electron chi connectivity index (χ1n) is 10.9. The topological polar surface area (TPSA) is 93.5 Å². The molecule has 0 N–H and O–H groups in total. The van der Waals surface area contributed by atoms with Crippen LogP contribution in [-0.2, 0) is 20.9 Å². The summed E-state index contributed by atoms with van der Waals surface area (Å²) in [6.45, 7) is 4.58. The Hall–Kier alpha value is -2.03. The number of rotatable bonds is 5. The first kappa shape index (κ1) is 20.3. The number of ether oxygens (including phenoxy) is 1. The van der Waals surface area contributed by atoms with E-state index < -0.39 is 0 Å². The lowest BCUT2D eigenvalue weighted by atomic mass is 9.72. The lowest BCUT2D eigenvalue weighted by molar-refractivity contribution is -0.143. The van der Waals surface area contributed by atoms with Crippen molar-refractivity contribution in [2.75, 3.05) is 39.9 Å². The van der Waals surface area contributed by atoms with Crippen molar-refractivity contribution in [1.82, 2.24) is 30.0 Å². The van der Waals surface area contributed by atoms with E-state index in [1.807, 2.05) is 9.80 Å². The number of carbonyl (C=O) groups excluding carboxylic acids is 2. The van der Waals surface area contributed by atoms with Crippen LogP contribution in [0.25, 0.3) is 0 Å². The number of tetrazole rings is 1. The Morgan fingerprint density at radius 2 is 2.03 bits per heavy atom. The number of hydrogen-bond donors (Lipinski definition) is 0. The van der Waals surface area contributed by atoms with Crippen molar-refractivity contribution in [1.29, 1.82) is 0 Å². The first-order chi connectivity index (χ1) is 14.1. The average Bonchev–Trinajstić information content (AvgIpc) is 3.10. The maximum Gasteiger partial charge on any atom is 0.233 e. The van der Waals surface area contributed by atoms with Gasteiger partial charge in [-0.25, -0.2) is 4.68 Å². The quantitative estimate of drug-likeness (QED) is 0.685. The molecule has 4 heterocycles. The molecule has 1 spiro atoms. The van der Waals surface area contributed by atoms with Gasteiger partial charge in [0, 0.05) is 52.9 Å². The molecular formula is C20H32N6O3. The zero-order valence-corrected chi connectivity index (χ0v) is 17.4. The molecule has 0 radical (unpaired) electrons. The number of nitrogens with zero attached hydrogens (tertiary/aromatic N) is 6. The van der Waals surface area contributed by atoms with Crippen LogP contribution in [0.2, 0.25) is 0 Å². The standard InChI is InChI=1S/C20H32N6O3/c1-29-14-4-10-25-15-20(7-6-17(25)27)8-12-24(13-9-20)19(28)16-5-2-3-11-26-18(16)21-22-23-26/h16H,2-15H2,1H3/t16-/m1/s1. The maximum atomic E-state index is 13.3. The Labute approximate surface area is 171 Å². The van der Waals surface area contributed by atoms with E-state index in [0.717, 1.165) is 83.5 Å². The molecule has 0 aliphatic carbocycles. The minimum atomic E-state index is -0.222. The average molecular weight is 405 g/mol. The van der Waals surface area contributed by atoms with Gasteiger partial charge in [0.15, 0.2) is 5.82 Å². The summed E-state index contributed by atoms with van der Waals surface area (Å²) in [7, 11) is 1.69. The number of methoxy groups -OCH3 is 1. The van der Waals surface area contributed by atoms with Crippen molar-refractivity contribution in [3.8, 4) is 0 Å². The lowest BCUT2D eigenvalue weighted by Gasteiger charge is -2.47. The molecule has 1 aromatic rings. The van der Waals surface area contributed by atoms with E-state index in [1.165, 1.54) is 0 Å². The molecule has 1 atom stereocenters. The van der Waals surface area contributed by atoms with Gasteiger partial charge in [-0.15, -0.1) is 5.10 Å². The number of carbonyl (C=O) groups is 2. The molecule has 9 heteroatoms. The summed E-state index contributed by atoms with van der Waals surface area (Å²) in [4.78, 5) is 29.6. The summed E-state index contributed by atoms with van der Waals surface area (Å²) < 4.78 is 6.93. The van der Waals surface area contributed by atoms with E-state index in [0.29, 0.717) is 13.0 Å². The highest BCUT2D eigenvalue weighted by molar-refractivity contribution is 5.83. The maximum absolute atomic E-state index is 13.3. The first-order valence-corrected chi connectivity index (χ1v) is 10.9. The van der Waals surface area contributed by atoms with Crippen LogP contribution in [0.3, 0.4) is 0 Å². The van der Waals surface area contributed by atoms with Crippen LogP contribution >= 0.6 is 0 Å². The van der Waals surface area contributed by atoms with Gasteiger partial charge in [0.1, 0.15) is 0 Å². The summed E-state index contributed by atoms with van der Waals surface area (Å²) >= 11 is 0. The lowest BCUT2D eigenvalue weighted by Crippen LogP contribution is -2.53. The van der Waals surface area contributed by atoms with Gasteiger partial charge in [-0.05, 0) is 54.4 Å². The van der Waals surface area contributed by atoms with Gasteiger partial charge in [0.25, 0.3) is 0 Å². The van der Waals surface area contributed by atoms with Crippen molar-refractivity contribution < 1.29 is 14.3 Å². The van der Waals surface area contributed by atoms with Gasteiger partial charge in [-0.3, -0.25) is 9.59 Å². The van der Waals surface area contributed by atoms with Crippen LogP contribution < -0.4 is 0 Å². The Morgan fingerprint density at radius 3 is 2.83 bits per heavy atom. The van der Waals surface area contributed by atoms with Crippen LogP contribution in [0, 0.1) is 5.41 Å². The highest BCUT2D eigenvalue weighted by Gasteiger charge is 2.43. The number of amides is 2. The molecule has 2 amide bonds. The van der Waals surface area contributed by atoms with Crippen molar-refractivity contribution in [2.24, 2.45) is 5.41 Å². The number of hydrogen-bond acceptors (Lipinski definition) is 6. The Morgan fingerprint density at radius 1 is 1.21 bits per heavy atom. The van der Waals surface area contributed by atoms with Gasteiger partial charge in [0.05, 0.1) is 5.92 Å². The Kier molecular flexibility index (Phi) is 6.12. The van der Waals surface area contributed by atoms with Crippen molar-refractivity contribution in [3.05, 3.63) is 5.82 Å². The zero-order chi connectivity index (χ0) is 20.3. The van der Waals surface area contributed by atoms with Gasteiger partial charge in [-0.1, -0.05) is 6.42 Å². The fourth-order valence-corrected chi connectivity index (χ4v) is 5.13. The highest BCUT2D eigenvalue weighted by atomic mass is 16.5. The number of aromatic nitrogens is 4. The summed E-state index contributed by atoms with van der Waals surface area (Å²) in [6.07, 6.45) is 7.21. The van der Waals surface area contributed by atoms with Crippen LogP contribution in [0.15, 0.2) is 0 Å². The number of aryl methyl sites for hydroxylation is 1. The van der Waals surface area contributed by atoms with Gasteiger partial charge in [-0.2, -0.15) is 0 Å². The molecule has 2 fully saturated rings. The van der Waals surface area contributed by atoms with Crippen molar-refractivity contribution >= 4 is 11.8 Å². The molecule has 29 heavy (non-hydrogen) atoms. The molecule has 0 bridgehead atoms. The molecule has 9 nitrogen and oxygen atoms in total. The van der Waals surface area contributed by atoms with Crippen LogP contribution in [-0.4, -0.2) is 81.7 Å². The molecule has 3 aliphatic rings. The number of piperidine rings is 2. The van der Waals surface area contributed by atoms with E-state index in [4.69, 9.17) is 4.74 Å². The normalized spacial score (nSPS) is 24.4. The molecule has 2 saturated heterocycles. The molecule has 0 unspecified atom stereocenters. The highest BCUT2D eigenvalue weighted by Crippen LogP contribution is 2.41. The summed E-state index contributed by atoms with van der Waals surface area (Å²) in [6, 6.07) is 0. The van der Waals surface area contributed by atoms with Crippen molar-refractivity contribution in [3.63, 3.8) is 0 Å². The SMILES string of the molecule is COCCCN1CC2(CCC1=O)CCN(C(=O)[C@@H]1CCCCn3nnnc31)CC2. The van der Waals surface area contributed by atoms with E-state index in [2.05, 4.69) is 15.5 Å². The molecule has 0 saturated carbocycles. The van der Waals surface area contributed by atoms with Crippen LogP contribution in [0.4, 0.5) is 0 Å². The summed E-state index contributed by atoms with van der Waals surface area (Å²) in [5, 5.41) is 12.0. The minimum Gasteiger partial charge on any atom is -0.385 e. The minimum absolute atomic E-state index is 0.156. The van der Waals surface area contributed by atoms with E-state index in [1.54, 1.807) is 11.8 Å². The van der Waals surface area contributed by atoms with E-state index in [-0.39, 0.29) is 23.1 Å². The van der Waals surface area contributed by atoms with E-state index in [9.17, 15) is 9.59 Å². The third-order valence-electron chi connectivity index (χ3n) is 6.94. The van der Waals surface area contributed by atoms with Crippen LogP contribution in [0.5, 0.6) is 0 Å². The molecule has 3 aliphatic heterocycles. The molecule has 0 aromatic carbocycles. The molecule has 1 aromatic heterocycles. The van der Waals surface area contributed by atoms with Crippen LogP contribution in [0.1, 0.15) is 63.1 Å². The Bertz CT molecular complexity index is 728. The van der Waals surface area contributed by atoms with E-state index >= 15 is 0 Å². The fraction of sp³-hybridized carbons (Fsp3) is 0.850. The monoisotopic (exact) mass is 404 g/mol. The summed E-state index contributed by atoms with van der Waals surface area (Å²) in [5.41, 5.74) is 0.156. The predicted octanol–water partition coefficient (Wildman–Crippen LogP) is 1.21. The van der Waals surface area contributed by atoms with Gasteiger partial charge < -0.3 is 14.5 Å². The molecular weight excluding hydrogens is 372 g/mol. The predicted molar refractivity (Wildman–Crippen MR) is 105 cm³/mol. The second-order valence-electron chi connectivity index (χ2n) is 8.80. The second kappa shape index (κ2) is 8.77. The molecule has 160 valence electrons. The number of fused-ring (bicyclic) bond motifs is 1. The van der Waals surface area contributed by atoms with Gasteiger partial charge >= 0.3 is 0 Å². The third kappa shape index (κ3) is 4.29. The third-order valence-corrected chi connectivity index (χ3v) is 6.94. The fourth-order valence-electron chi connectivity index (χ4n) is 5.13. The van der Waals surface area contributed by atoms with Gasteiger partial charge in [0.2, 0.25) is 11.8 Å². The summed E-state index contributed by atoms with van der Waals surface area (Å²) in [5.74, 6) is 0.928. The Balaban J connectivity index is 1.37. The zero-order valence-electron chi connectivity index (χ0n) is 17.4. The smallest absolute Gasteiger partial charge is 0.233 e. The van der Waals surface area contributed by atoms with Crippen molar-refractivity contribution in [2.45, 2.75) is 63.8 Å². The number of likely N-dealkylation sites (tertiary alicyclic amines) is 2. The largest absolute Gasteiger partial charge is 0.385 e. The second-order valence-corrected chi connectivity index (χ2v) is 8.80.